The first-order valence-corrected chi connectivity index (χ1v) is 6.67. The lowest BCUT2D eigenvalue weighted by Gasteiger charge is -2.29. The van der Waals surface area contributed by atoms with Gasteiger partial charge in [0, 0.05) is 19.2 Å². The Morgan fingerprint density at radius 1 is 1.20 bits per heavy atom. The van der Waals surface area contributed by atoms with E-state index < -0.39 is 0 Å². The van der Waals surface area contributed by atoms with Gasteiger partial charge < -0.3 is 10.1 Å². The van der Waals surface area contributed by atoms with E-state index in [0.717, 1.165) is 31.6 Å². The van der Waals surface area contributed by atoms with Crippen LogP contribution < -0.4 is 5.32 Å². The van der Waals surface area contributed by atoms with Gasteiger partial charge in [-0.25, -0.2) is 0 Å². The molecule has 88 valence electrons. The molecular formula is C13H25NO. The maximum atomic E-state index is 5.39. The lowest BCUT2D eigenvalue weighted by molar-refractivity contribution is 0.182. The average Bonchev–Trinajstić information content (AvgIpc) is 2.80. The molecule has 2 nitrogen and oxygen atoms in total. The van der Waals surface area contributed by atoms with Crippen LogP contribution in [0.15, 0.2) is 0 Å². The van der Waals surface area contributed by atoms with Crippen molar-refractivity contribution < 1.29 is 4.74 Å². The Hall–Kier alpha value is -0.0800. The molecule has 1 aliphatic heterocycles. The maximum absolute atomic E-state index is 5.39. The van der Waals surface area contributed by atoms with Gasteiger partial charge in [0.15, 0.2) is 0 Å². The van der Waals surface area contributed by atoms with Crippen LogP contribution in [0.5, 0.6) is 0 Å². The smallest absolute Gasteiger partial charge is 0.0507 e. The Morgan fingerprint density at radius 2 is 2.00 bits per heavy atom. The van der Waals surface area contributed by atoms with E-state index in [1.165, 1.54) is 38.5 Å². The van der Waals surface area contributed by atoms with Crippen LogP contribution in [0.1, 0.15) is 45.4 Å². The third-order valence-electron chi connectivity index (χ3n) is 4.11. The normalized spacial score (nSPS) is 30.6. The van der Waals surface area contributed by atoms with Crippen molar-refractivity contribution in [2.45, 2.75) is 51.5 Å². The Bertz CT molecular complexity index is 171. The van der Waals surface area contributed by atoms with Crippen molar-refractivity contribution >= 4 is 0 Å². The highest BCUT2D eigenvalue weighted by Gasteiger charge is 2.21. The Balaban J connectivity index is 1.64. The molecule has 0 aromatic carbocycles. The fourth-order valence-electron chi connectivity index (χ4n) is 2.90. The molecule has 2 fully saturated rings. The second kappa shape index (κ2) is 5.86. The lowest BCUT2D eigenvalue weighted by Crippen LogP contribution is -2.37. The van der Waals surface area contributed by atoms with Crippen LogP contribution in [0.4, 0.5) is 0 Å². The van der Waals surface area contributed by atoms with Crippen molar-refractivity contribution in [3.8, 4) is 0 Å². The third kappa shape index (κ3) is 3.46. The number of hydrogen-bond donors (Lipinski definition) is 1. The summed E-state index contributed by atoms with van der Waals surface area (Å²) in [6, 6.07) is 0.714. The van der Waals surface area contributed by atoms with E-state index in [2.05, 4.69) is 12.2 Å². The molecule has 1 saturated heterocycles. The first-order valence-electron chi connectivity index (χ1n) is 6.67. The van der Waals surface area contributed by atoms with E-state index in [-0.39, 0.29) is 0 Å². The van der Waals surface area contributed by atoms with Gasteiger partial charge >= 0.3 is 0 Å². The van der Waals surface area contributed by atoms with Crippen LogP contribution >= 0.6 is 0 Å². The minimum Gasteiger partial charge on any atom is -0.381 e. The molecule has 0 spiro atoms. The van der Waals surface area contributed by atoms with Gasteiger partial charge in [0.25, 0.3) is 0 Å². The summed E-state index contributed by atoms with van der Waals surface area (Å²) in [5.74, 6) is 1.71. The highest BCUT2D eigenvalue weighted by Crippen LogP contribution is 2.26. The minimum atomic E-state index is 0.714. The van der Waals surface area contributed by atoms with Crippen LogP contribution in [-0.2, 0) is 4.74 Å². The molecule has 0 aromatic rings. The van der Waals surface area contributed by atoms with Crippen molar-refractivity contribution in [1.29, 1.82) is 0 Å². The van der Waals surface area contributed by atoms with Crippen molar-refractivity contribution in [2.24, 2.45) is 11.8 Å². The highest BCUT2D eigenvalue weighted by atomic mass is 16.5. The molecule has 0 radical (unpaired) electrons. The molecule has 2 heteroatoms. The van der Waals surface area contributed by atoms with E-state index in [1.54, 1.807) is 0 Å². The van der Waals surface area contributed by atoms with Gasteiger partial charge in [-0.15, -0.1) is 0 Å². The molecule has 0 bridgehead atoms. The Labute approximate surface area is 93.8 Å². The van der Waals surface area contributed by atoms with E-state index in [1.807, 2.05) is 0 Å². The molecular weight excluding hydrogens is 186 g/mol. The Kier molecular flexibility index (Phi) is 4.45. The maximum Gasteiger partial charge on any atom is 0.0507 e. The molecule has 1 N–H and O–H groups in total. The first-order chi connectivity index (χ1) is 7.36. The van der Waals surface area contributed by atoms with Gasteiger partial charge in [-0.1, -0.05) is 19.3 Å². The van der Waals surface area contributed by atoms with E-state index >= 15 is 0 Å². The monoisotopic (exact) mass is 211 g/mol. The molecule has 1 saturated carbocycles. The zero-order valence-corrected chi connectivity index (χ0v) is 10.0. The zero-order chi connectivity index (χ0) is 10.5. The first kappa shape index (κ1) is 11.4. The van der Waals surface area contributed by atoms with Gasteiger partial charge in [0.2, 0.25) is 0 Å². The fourth-order valence-corrected chi connectivity index (χ4v) is 2.90. The van der Waals surface area contributed by atoms with Crippen molar-refractivity contribution in [3.05, 3.63) is 0 Å². The van der Waals surface area contributed by atoms with Crippen molar-refractivity contribution in [2.75, 3.05) is 19.8 Å². The van der Waals surface area contributed by atoms with Gasteiger partial charge in [-0.05, 0) is 38.0 Å². The summed E-state index contributed by atoms with van der Waals surface area (Å²) in [6.45, 7) is 5.48. The number of rotatable bonds is 4. The summed E-state index contributed by atoms with van der Waals surface area (Å²) in [7, 11) is 0. The topological polar surface area (TPSA) is 21.3 Å². The second-order valence-electron chi connectivity index (χ2n) is 5.32. The fraction of sp³-hybridized carbons (Fsp3) is 1.00. The lowest BCUT2D eigenvalue weighted by atomic mass is 9.84. The molecule has 0 aromatic heterocycles. The standard InChI is InChI=1S/C13H25NO/c1-11(13-5-3-2-4-6-13)14-9-12-7-8-15-10-12/h11-14H,2-10H2,1H3/t11-,12?/m1/s1. The molecule has 2 atom stereocenters. The van der Waals surface area contributed by atoms with Crippen LogP contribution in [0.25, 0.3) is 0 Å². The van der Waals surface area contributed by atoms with E-state index in [4.69, 9.17) is 4.74 Å². The highest BCUT2D eigenvalue weighted by molar-refractivity contribution is 4.77. The molecule has 0 amide bonds. The van der Waals surface area contributed by atoms with E-state index in [9.17, 15) is 0 Å². The van der Waals surface area contributed by atoms with Gasteiger partial charge in [0.05, 0.1) is 6.61 Å². The summed E-state index contributed by atoms with van der Waals surface area (Å²) in [5.41, 5.74) is 0. The second-order valence-corrected chi connectivity index (χ2v) is 5.32. The SMILES string of the molecule is C[C@@H](NCC1CCOC1)C1CCCCC1. The number of nitrogens with one attached hydrogen (secondary N) is 1. The van der Waals surface area contributed by atoms with Crippen LogP contribution in [0, 0.1) is 11.8 Å². The van der Waals surface area contributed by atoms with Crippen molar-refractivity contribution in [1.82, 2.24) is 5.32 Å². The Morgan fingerprint density at radius 3 is 2.67 bits per heavy atom. The molecule has 15 heavy (non-hydrogen) atoms. The largest absolute Gasteiger partial charge is 0.381 e. The minimum absolute atomic E-state index is 0.714. The number of ether oxygens (including phenoxy) is 1. The summed E-state index contributed by atoms with van der Waals surface area (Å²) in [5, 5.41) is 3.71. The van der Waals surface area contributed by atoms with Crippen LogP contribution in [0.3, 0.4) is 0 Å². The molecule has 2 rings (SSSR count). The summed E-state index contributed by atoms with van der Waals surface area (Å²) >= 11 is 0. The van der Waals surface area contributed by atoms with Crippen LogP contribution in [-0.4, -0.2) is 25.8 Å². The van der Waals surface area contributed by atoms with Gasteiger partial charge in [0.1, 0.15) is 0 Å². The third-order valence-corrected chi connectivity index (χ3v) is 4.11. The summed E-state index contributed by atoms with van der Waals surface area (Å²) in [4.78, 5) is 0. The molecule has 2 aliphatic rings. The van der Waals surface area contributed by atoms with Crippen molar-refractivity contribution in [3.63, 3.8) is 0 Å². The zero-order valence-electron chi connectivity index (χ0n) is 10.0. The summed E-state index contributed by atoms with van der Waals surface area (Å²) < 4.78 is 5.39. The van der Waals surface area contributed by atoms with Crippen LogP contribution in [0.2, 0.25) is 0 Å². The van der Waals surface area contributed by atoms with Gasteiger partial charge in [-0.2, -0.15) is 0 Å². The average molecular weight is 211 g/mol. The molecule has 1 unspecified atom stereocenters. The predicted octanol–water partition coefficient (Wildman–Crippen LogP) is 2.58. The predicted molar refractivity (Wildman–Crippen MR) is 63.0 cm³/mol. The number of hydrogen-bond acceptors (Lipinski definition) is 2. The van der Waals surface area contributed by atoms with Gasteiger partial charge in [-0.3, -0.25) is 0 Å². The summed E-state index contributed by atoms with van der Waals surface area (Å²) in [6.07, 6.45) is 8.49. The molecule has 1 heterocycles. The quantitative estimate of drug-likeness (QED) is 0.771. The van der Waals surface area contributed by atoms with E-state index in [0.29, 0.717) is 6.04 Å². The molecule has 1 aliphatic carbocycles.